The van der Waals surface area contributed by atoms with Gasteiger partial charge in [-0.25, -0.2) is 14.8 Å². The van der Waals surface area contributed by atoms with Crippen LogP contribution in [-0.2, 0) is 4.74 Å². The lowest BCUT2D eigenvalue weighted by atomic mass is 10.1. The third kappa shape index (κ3) is 6.62. The molecule has 1 unspecified atom stereocenters. The largest absolute Gasteiger partial charge is 0.462 e. The van der Waals surface area contributed by atoms with Crippen molar-refractivity contribution in [2.24, 2.45) is 0 Å². The second-order valence-corrected chi connectivity index (χ2v) is 8.96. The topological polar surface area (TPSA) is 65.0 Å². The standard InChI is InChI=1S/C26H36N6O2/c1-3-34-25(33)23-19-27-26(28-20-23)32-17-15-31(16-18-32)24(10-9-22-7-5-4-6-8-22)21-30-13-11-29(2)12-14-30/h4-10,19-20,24H,3,11-18,21H2,1-2H3/b10-9+. The number of rotatable bonds is 8. The number of aromatic nitrogens is 2. The zero-order valence-electron chi connectivity index (χ0n) is 20.3. The number of likely N-dealkylation sites (N-methyl/N-ethyl adjacent to an activating group) is 1. The maximum absolute atomic E-state index is 11.9. The van der Waals surface area contributed by atoms with Crippen molar-refractivity contribution in [2.45, 2.75) is 13.0 Å². The molecule has 0 radical (unpaired) electrons. The van der Waals surface area contributed by atoms with E-state index in [4.69, 9.17) is 4.74 Å². The van der Waals surface area contributed by atoms with E-state index in [2.05, 4.69) is 79.1 Å². The number of hydrogen-bond donors (Lipinski definition) is 0. The van der Waals surface area contributed by atoms with Crippen molar-refractivity contribution in [3.05, 3.63) is 59.9 Å². The van der Waals surface area contributed by atoms with Gasteiger partial charge in [-0.05, 0) is 19.5 Å². The second kappa shape index (κ2) is 12.1. The van der Waals surface area contributed by atoms with E-state index in [1.165, 1.54) is 5.56 Å². The molecule has 182 valence electrons. The van der Waals surface area contributed by atoms with Gasteiger partial charge in [0.1, 0.15) is 0 Å². The molecule has 8 nitrogen and oxygen atoms in total. The SMILES string of the molecule is CCOC(=O)c1cnc(N2CCN(C(/C=C/c3ccccc3)CN3CCN(C)CC3)CC2)nc1. The first kappa shape index (κ1) is 24.3. The monoisotopic (exact) mass is 464 g/mol. The summed E-state index contributed by atoms with van der Waals surface area (Å²) in [6, 6.07) is 10.9. The summed E-state index contributed by atoms with van der Waals surface area (Å²) >= 11 is 0. The van der Waals surface area contributed by atoms with Crippen LogP contribution in [0.4, 0.5) is 5.95 Å². The first-order valence-corrected chi connectivity index (χ1v) is 12.2. The van der Waals surface area contributed by atoms with Gasteiger partial charge in [-0.2, -0.15) is 0 Å². The Balaban J connectivity index is 1.38. The van der Waals surface area contributed by atoms with Gasteiger partial charge in [0, 0.05) is 77.3 Å². The molecule has 2 saturated heterocycles. The molecule has 4 rings (SSSR count). The number of benzene rings is 1. The number of ether oxygens (including phenoxy) is 1. The molecule has 3 heterocycles. The molecule has 0 spiro atoms. The van der Waals surface area contributed by atoms with Crippen LogP contribution in [0, 0.1) is 0 Å². The zero-order valence-corrected chi connectivity index (χ0v) is 20.3. The summed E-state index contributed by atoms with van der Waals surface area (Å²) in [5, 5.41) is 0. The Morgan fingerprint density at radius 2 is 1.68 bits per heavy atom. The quantitative estimate of drug-likeness (QED) is 0.551. The van der Waals surface area contributed by atoms with Crippen LogP contribution >= 0.6 is 0 Å². The van der Waals surface area contributed by atoms with Gasteiger partial charge in [-0.1, -0.05) is 42.5 Å². The molecule has 2 aliphatic heterocycles. The normalized spacial score (nSPS) is 19.4. The Labute approximate surface area is 202 Å². The molecule has 0 bridgehead atoms. The average Bonchev–Trinajstić information content (AvgIpc) is 2.89. The molecule has 34 heavy (non-hydrogen) atoms. The van der Waals surface area contributed by atoms with E-state index in [1.807, 2.05) is 0 Å². The fraction of sp³-hybridized carbons (Fsp3) is 0.500. The van der Waals surface area contributed by atoms with Crippen molar-refractivity contribution in [2.75, 3.05) is 77.5 Å². The number of carbonyl (C=O) groups excluding carboxylic acids is 1. The van der Waals surface area contributed by atoms with Gasteiger partial charge in [0.25, 0.3) is 0 Å². The lowest BCUT2D eigenvalue weighted by Crippen LogP contribution is -2.55. The highest BCUT2D eigenvalue weighted by Gasteiger charge is 2.26. The second-order valence-electron chi connectivity index (χ2n) is 8.96. The van der Waals surface area contributed by atoms with Gasteiger partial charge in [-0.15, -0.1) is 0 Å². The fourth-order valence-electron chi connectivity index (χ4n) is 4.44. The van der Waals surface area contributed by atoms with Gasteiger partial charge in [0.15, 0.2) is 0 Å². The first-order chi connectivity index (χ1) is 16.6. The lowest BCUT2D eigenvalue weighted by molar-refractivity contribution is 0.0525. The number of hydrogen-bond acceptors (Lipinski definition) is 8. The Kier molecular flexibility index (Phi) is 8.62. The fourth-order valence-corrected chi connectivity index (χ4v) is 4.44. The molecule has 0 N–H and O–H groups in total. The van der Waals surface area contributed by atoms with Crippen molar-refractivity contribution in [3.63, 3.8) is 0 Å². The molecule has 2 fully saturated rings. The Hall–Kier alpha value is -2.81. The molecular weight excluding hydrogens is 428 g/mol. The van der Waals surface area contributed by atoms with Gasteiger partial charge in [0.05, 0.1) is 12.2 Å². The minimum atomic E-state index is -0.379. The Morgan fingerprint density at radius 3 is 2.32 bits per heavy atom. The molecule has 0 aliphatic carbocycles. The maximum Gasteiger partial charge on any atom is 0.341 e. The molecule has 8 heteroatoms. The molecular formula is C26H36N6O2. The third-order valence-electron chi connectivity index (χ3n) is 6.57. The summed E-state index contributed by atoms with van der Waals surface area (Å²) in [4.78, 5) is 30.5. The van der Waals surface area contributed by atoms with Crippen LogP contribution in [0.5, 0.6) is 0 Å². The highest BCUT2D eigenvalue weighted by Crippen LogP contribution is 2.16. The van der Waals surface area contributed by atoms with E-state index in [-0.39, 0.29) is 5.97 Å². The van der Waals surface area contributed by atoms with E-state index in [0.717, 1.165) is 58.9 Å². The molecule has 2 aromatic rings. The van der Waals surface area contributed by atoms with Crippen LogP contribution in [0.3, 0.4) is 0 Å². The molecule has 1 atom stereocenters. The Morgan fingerprint density at radius 1 is 1.00 bits per heavy atom. The minimum absolute atomic E-state index is 0.344. The van der Waals surface area contributed by atoms with Gasteiger partial charge >= 0.3 is 5.97 Å². The molecule has 2 aliphatic rings. The number of carbonyl (C=O) groups is 1. The summed E-state index contributed by atoms with van der Waals surface area (Å²) in [6.07, 6.45) is 7.75. The molecule has 0 amide bonds. The summed E-state index contributed by atoms with van der Waals surface area (Å²) in [7, 11) is 2.20. The van der Waals surface area contributed by atoms with E-state index >= 15 is 0 Å². The van der Waals surface area contributed by atoms with E-state index < -0.39 is 0 Å². The van der Waals surface area contributed by atoms with Crippen LogP contribution < -0.4 is 4.90 Å². The van der Waals surface area contributed by atoms with Gasteiger partial charge in [-0.3, -0.25) is 9.80 Å². The third-order valence-corrected chi connectivity index (χ3v) is 6.57. The van der Waals surface area contributed by atoms with Crippen LogP contribution in [0.25, 0.3) is 6.08 Å². The van der Waals surface area contributed by atoms with E-state index in [0.29, 0.717) is 24.2 Å². The van der Waals surface area contributed by atoms with Gasteiger partial charge < -0.3 is 14.5 Å². The molecule has 1 aromatic carbocycles. The number of anilines is 1. The zero-order chi connectivity index (χ0) is 23.8. The molecule has 1 aromatic heterocycles. The highest BCUT2D eigenvalue weighted by molar-refractivity contribution is 5.88. The average molecular weight is 465 g/mol. The van der Waals surface area contributed by atoms with Crippen LogP contribution in [0.2, 0.25) is 0 Å². The maximum atomic E-state index is 11.9. The van der Waals surface area contributed by atoms with Crippen molar-refractivity contribution in [1.82, 2.24) is 24.7 Å². The number of esters is 1. The minimum Gasteiger partial charge on any atom is -0.462 e. The summed E-state index contributed by atoms with van der Waals surface area (Å²) in [5.74, 6) is 0.291. The van der Waals surface area contributed by atoms with Crippen LogP contribution in [-0.4, -0.2) is 109 Å². The summed E-state index contributed by atoms with van der Waals surface area (Å²) in [5.41, 5.74) is 1.63. The van der Waals surface area contributed by atoms with Crippen molar-refractivity contribution in [3.8, 4) is 0 Å². The van der Waals surface area contributed by atoms with E-state index in [1.54, 1.807) is 19.3 Å². The van der Waals surface area contributed by atoms with Crippen molar-refractivity contribution in [1.29, 1.82) is 0 Å². The van der Waals surface area contributed by atoms with E-state index in [9.17, 15) is 4.79 Å². The number of piperazine rings is 2. The Bertz CT molecular complexity index is 920. The van der Waals surface area contributed by atoms with Gasteiger partial charge in [0.2, 0.25) is 5.95 Å². The van der Waals surface area contributed by atoms with Crippen LogP contribution in [0.15, 0.2) is 48.8 Å². The molecule has 0 saturated carbocycles. The lowest BCUT2D eigenvalue weighted by Gasteiger charge is -2.41. The predicted octanol–water partition coefficient (Wildman–Crippen LogP) is 2.10. The summed E-state index contributed by atoms with van der Waals surface area (Å²) in [6.45, 7) is 11.3. The van der Waals surface area contributed by atoms with Crippen molar-refractivity contribution < 1.29 is 9.53 Å². The first-order valence-electron chi connectivity index (χ1n) is 12.2. The highest BCUT2D eigenvalue weighted by atomic mass is 16.5. The van der Waals surface area contributed by atoms with Crippen LogP contribution in [0.1, 0.15) is 22.8 Å². The van der Waals surface area contributed by atoms with Crippen molar-refractivity contribution >= 4 is 18.0 Å². The predicted molar refractivity (Wildman–Crippen MR) is 135 cm³/mol. The summed E-state index contributed by atoms with van der Waals surface area (Å²) < 4.78 is 5.02. The smallest absolute Gasteiger partial charge is 0.341 e. The number of nitrogens with zero attached hydrogens (tertiary/aromatic N) is 6.